The van der Waals surface area contributed by atoms with Crippen molar-refractivity contribution in [2.24, 2.45) is 57.8 Å². The third kappa shape index (κ3) is 9.38. The van der Waals surface area contributed by atoms with Crippen LogP contribution in [0.25, 0.3) is 0 Å². The number of nitrogens with two attached hydrogens (primary N) is 2. The Kier molecular flexibility index (Phi) is 14.3. The fraction of sp³-hybridized carbons (Fsp3) is 0.925. The molecule has 0 bridgehead atoms. The number of unbranched alkanes of at least 4 members (excludes halogenated alkanes) is 5. The normalized spacial score (nSPS) is 33.4. The SMILES string of the molecule is CC(C)CCC[C@@H](C)[C@H]1CC[C@H]2[C@@H]3CC=C4C[C@@H](OC(=O)CN(CCCN)CCCCCCCCN)CC[C@]4(C)[C@H]3CC[C@]12C. The minimum absolute atomic E-state index is 0.0363. The van der Waals surface area contributed by atoms with Gasteiger partial charge in [-0.1, -0.05) is 91.2 Å². The standard InChI is InChI=1S/C40H73N3O2/c1-30(2)14-12-15-31(3)35-18-19-36-34-17-16-32-28-33(20-22-39(32,4)37(34)21-23-40(35,36)5)45-38(44)29-43(27-13-25-42)26-11-9-7-6-8-10-24-41/h16,30-31,33-37H,6-15,17-29,41-42H2,1-5H3/t31-,33+,34+,35-,36+,37+,39+,40-/m1/s1. The van der Waals surface area contributed by atoms with E-state index in [1.54, 1.807) is 5.57 Å². The summed E-state index contributed by atoms with van der Waals surface area (Å²) in [5, 5.41) is 0. The number of hydrogen-bond donors (Lipinski definition) is 2. The Hall–Kier alpha value is -0.910. The van der Waals surface area contributed by atoms with Crippen molar-refractivity contribution in [2.75, 3.05) is 32.7 Å². The lowest BCUT2D eigenvalue weighted by molar-refractivity contribution is -0.152. The van der Waals surface area contributed by atoms with Crippen LogP contribution in [0.1, 0.15) is 150 Å². The Labute approximate surface area is 278 Å². The van der Waals surface area contributed by atoms with Crippen molar-refractivity contribution in [3.8, 4) is 0 Å². The molecule has 260 valence electrons. The quantitative estimate of drug-likeness (QED) is 0.0849. The van der Waals surface area contributed by atoms with Crippen molar-refractivity contribution in [1.82, 2.24) is 4.90 Å². The van der Waals surface area contributed by atoms with Crippen LogP contribution in [0.5, 0.6) is 0 Å². The van der Waals surface area contributed by atoms with Gasteiger partial charge in [-0.15, -0.1) is 0 Å². The number of carbonyl (C=O) groups is 1. The maximum atomic E-state index is 13.2. The summed E-state index contributed by atoms with van der Waals surface area (Å²) in [6, 6.07) is 0. The average Bonchev–Trinajstić information content (AvgIpc) is 3.36. The van der Waals surface area contributed by atoms with Crippen molar-refractivity contribution < 1.29 is 9.53 Å². The maximum absolute atomic E-state index is 13.2. The zero-order valence-corrected chi connectivity index (χ0v) is 30.3. The van der Waals surface area contributed by atoms with E-state index in [4.69, 9.17) is 16.2 Å². The van der Waals surface area contributed by atoms with E-state index < -0.39 is 0 Å². The Morgan fingerprint density at radius 3 is 2.31 bits per heavy atom. The van der Waals surface area contributed by atoms with Crippen LogP contribution in [0, 0.1) is 46.3 Å². The summed E-state index contributed by atoms with van der Waals surface area (Å²) >= 11 is 0. The summed E-state index contributed by atoms with van der Waals surface area (Å²) < 4.78 is 6.21. The first-order valence-electron chi connectivity index (χ1n) is 19.6. The topological polar surface area (TPSA) is 81.6 Å². The molecule has 4 rings (SSSR count). The number of allylic oxidation sites excluding steroid dienone is 1. The van der Waals surface area contributed by atoms with E-state index in [2.05, 4.69) is 45.6 Å². The fourth-order valence-electron chi connectivity index (χ4n) is 10.9. The largest absolute Gasteiger partial charge is 0.461 e. The zero-order valence-electron chi connectivity index (χ0n) is 30.3. The molecule has 0 aromatic carbocycles. The summed E-state index contributed by atoms with van der Waals surface area (Å²) in [6.07, 6.45) is 25.2. The summed E-state index contributed by atoms with van der Waals surface area (Å²) in [7, 11) is 0. The lowest BCUT2D eigenvalue weighted by Crippen LogP contribution is -2.51. The van der Waals surface area contributed by atoms with Crippen molar-refractivity contribution in [3.05, 3.63) is 11.6 Å². The Morgan fingerprint density at radius 1 is 0.867 bits per heavy atom. The molecule has 0 heterocycles. The van der Waals surface area contributed by atoms with E-state index in [9.17, 15) is 4.79 Å². The number of carbonyl (C=O) groups excluding carboxylic acids is 1. The lowest BCUT2D eigenvalue weighted by atomic mass is 9.47. The lowest BCUT2D eigenvalue weighted by Gasteiger charge is -2.58. The highest BCUT2D eigenvalue weighted by molar-refractivity contribution is 5.72. The van der Waals surface area contributed by atoms with Crippen LogP contribution in [0.3, 0.4) is 0 Å². The van der Waals surface area contributed by atoms with Crippen LogP contribution in [-0.2, 0) is 9.53 Å². The van der Waals surface area contributed by atoms with Gasteiger partial charge in [-0.05, 0) is 137 Å². The fourth-order valence-corrected chi connectivity index (χ4v) is 10.9. The predicted molar refractivity (Wildman–Crippen MR) is 190 cm³/mol. The molecule has 0 aromatic heterocycles. The van der Waals surface area contributed by atoms with E-state index in [0.29, 0.717) is 23.9 Å². The van der Waals surface area contributed by atoms with Gasteiger partial charge in [0.15, 0.2) is 0 Å². The summed E-state index contributed by atoms with van der Waals surface area (Å²) in [5.74, 6) is 5.12. The molecule has 3 saturated carbocycles. The molecule has 0 radical (unpaired) electrons. The second-order valence-electron chi connectivity index (χ2n) is 17.0. The third-order valence-corrected chi connectivity index (χ3v) is 13.5. The van der Waals surface area contributed by atoms with E-state index in [1.165, 1.54) is 83.5 Å². The van der Waals surface area contributed by atoms with Crippen molar-refractivity contribution >= 4 is 5.97 Å². The second-order valence-corrected chi connectivity index (χ2v) is 17.0. The molecule has 0 amide bonds. The monoisotopic (exact) mass is 628 g/mol. The van der Waals surface area contributed by atoms with Crippen LogP contribution >= 0.6 is 0 Å². The van der Waals surface area contributed by atoms with Gasteiger partial charge in [0, 0.05) is 6.42 Å². The molecule has 8 atom stereocenters. The highest BCUT2D eigenvalue weighted by Crippen LogP contribution is 2.67. The third-order valence-electron chi connectivity index (χ3n) is 13.5. The van der Waals surface area contributed by atoms with Crippen LogP contribution in [0.15, 0.2) is 11.6 Å². The number of esters is 1. The first-order chi connectivity index (χ1) is 21.6. The minimum Gasteiger partial charge on any atom is -0.461 e. The second kappa shape index (κ2) is 17.5. The highest BCUT2D eigenvalue weighted by Gasteiger charge is 2.59. The Balaban J connectivity index is 1.28. The summed E-state index contributed by atoms with van der Waals surface area (Å²) in [6.45, 7) is 16.3. The van der Waals surface area contributed by atoms with Gasteiger partial charge < -0.3 is 16.2 Å². The molecule has 0 aliphatic heterocycles. The van der Waals surface area contributed by atoms with Crippen molar-refractivity contribution in [1.29, 1.82) is 0 Å². The van der Waals surface area contributed by atoms with E-state index >= 15 is 0 Å². The van der Waals surface area contributed by atoms with Gasteiger partial charge in [-0.3, -0.25) is 9.69 Å². The number of nitrogens with zero attached hydrogens (tertiary/aromatic N) is 1. The van der Waals surface area contributed by atoms with Gasteiger partial charge in [-0.2, -0.15) is 0 Å². The molecular formula is C40H73N3O2. The van der Waals surface area contributed by atoms with E-state index in [1.807, 2.05) is 0 Å². The smallest absolute Gasteiger partial charge is 0.320 e. The Bertz CT molecular complexity index is 935. The average molecular weight is 628 g/mol. The van der Waals surface area contributed by atoms with Gasteiger partial charge in [0.25, 0.3) is 0 Å². The zero-order chi connectivity index (χ0) is 32.5. The molecule has 5 heteroatoms. The van der Waals surface area contributed by atoms with Crippen molar-refractivity contribution in [2.45, 2.75) is 156 Å². The molecule has 0 unspecified atom stereocenters. The van der Waals surface area contributed by atoms with E-state index in [0.717, 1.165) is 87.2 Å². The predicted octanol–water partition coefficient (Wildman–Crippen LogP) is 8.89. The van der Waals surface area contributed by atoms with Gasteiger partial charge in [0.05, 0.1) is 6.54 Å². The number of rotatable bonds is 19. The number of hydrogen-bond acceptors (Lipinski definition) is 5. The van der Waals surface area contributed by atoms with Gasteiger partial charge in [-0.25, -0.2) is 0 Å². The minimum atomic E-state index is -0.0363. The molecule has 4 aliphatic rings. The van der Waals surface area contributed by atoms with Crippen LogP contribution in [0.4, 0.5) is 0 Å². The van der Waals surface area contributed by atoms with Crippen LogP contribution < -0.4 is 11.5 Å². The van der Waals surface area contributed by atoms with Crippen LogP contribution in [0.2, 0.25) is 0 Å². The number of fused-ring (bicyclic) bond motifs is 5. The molecule has 0 aromatic rings. The first-order valence-corrected chi connectivity index (χ1v) is 19.6. The molecule has 3 fully saturated rings. The van der Waals surface area contributed by atoms with Crippen molar-refractivity contribution in [3.63, 3.8) is 0 Å². The molecule has 4 aliphatic carbocycles. The number of ether oxygens (including phenoxy) is 1. The maximum Gasteiger partial charge on any atom is 0.320 e. The summed E-state index contributed by atoms with van der Waals surface area (Å²) in [4.78, 5) is 15.5. The van der Waals surface area contributed by atoms with Gasteiger partial charge >= 0.3 is 5.97 Å². The first kappa shape index (κ1) is 36.9. The molecule has 5 nitrogen and oxygen atoms in total. The van der Waals surface area contributed by atoms with Crippen LogP contribution in [-0.4, -0.2) is 49.7 Å². The highest BCUT2D eigenvalue weighted by atomic mass is 16.5. The Morgan fingerprint density at radius 2 is 1.58 bits per heavy atom. The molecule has 0 spiro atoms. The molecule has 45 heavy (non-hydrogen) atoms. The van der Waals surface area contributed by atoms with Gasteiger partial charge in [0.2, 0.25) is 0 Å². The molecule has 0 saturated heterocycles. The molecule has 4 N–H and O–H groups in total. The summed E-state index contributed by atoms with van der Waals surface area (Å²) in [5.41, 5.74) is 13.9. The van der Waals surface area contributed by atoms with E-state index in [-0.39, 0.29) is 12.1 Å². The van der Waals surface area contributed by atoms with Gasteiger partial charge in [0.1, 0.15) is 6.10 Å². The molecular weight excluding hydrogens is 554 g/mol.